The van der Waals surface area contributed by atoms with Crippen LogP contribution in [-0.4, -0.2) is 79.3 Å². The van der Waals surface area contributed by atoms with Crippen molar-refractivity contribution in [2.75, 3.05) is 51.9 Å². The second kappa shape index (κ2) is 12.6. The van der Waals surface area contributed by atoms with Crippen molar-refractivity contribution in [1.82, 2.24) is 4.90 Å². The lowest BCUT2D eigenvalue weighted by molar-refractivity contribution is 0.00465. The van der Waals surface area contributed by atoms with E-state index in [1.807, 2.05) is 36.4 Å². The fraction of sp³-hybridized carbons (Fsp3) is 0.520. The molecule has 0 amide bonds. The van der Waals surface area contributed by atoms with Crippen molar-refractivity contribution in [3.05, 3.63) is 57.6 Å². The average Bonchev–Trinajstić information content (AvgIpc) is 2.82. The standard InChI is InChI=1S/C25H32Cl3NO5/c1-25(2,18-11-22(27)24(23(28)12-18)34-15-19(30)13-26)17-3-5-21(6-4-17)33-16-20(31)14-29-7-9-32-10-8-29/h3-6,11-12,19-20,30-31H,7-10,13-16H2,1-2H3. The Hall–Kier alpha value is -1.25. The highest BCUT2D eigenvalue weighted by molar-refractivity contribution is 6.37. The third-order valence-electron chi connectivity index (χ3n) is 5.91. The Kier molecular flexibility index (Phi) is 10.2. The van der Waals surface area contributed by atoms with Gasteiger partial charge in [-0.1, -0.05) is 49.2 Å². The van der Waals surface area contributed by atoms with E-state index < -0.39 is 17.6 Å². The number of hydrogen-bond acceptors (Lipinski definition) is 6. The maximum atomic E-state index is 10.3. The van der Waals surface area contributed by atoms with Crippen molar-refractivity contribution in [3.63, 3.8) is 0 Å². The van der Waals surface area contributed by atoms with Gasteiger partial charge >= 0.3 is 0 Å². The van der Waals surface area contributed by atoms with Crippen LogP contribution in [-0.2, 0) is 10.2 Å². The number of β-amino-alcohol motifs (C(OH)–C–C–N with tert-alkyl or cyclic N) is 1. The van der Waals surface area contributed by atoms with Crippen LogP contribution < -0.4 is 9.47 Å². The minimum absolute atomic E-state index is 0.00822. The quantitative estimate of drug-likeness (QED) is 0.419. The summed E-state index contributed by atoms with van der Waals surface area (Å²) in [5, 5.41) is 20.6. The molecule has 0 spiro atoms. The normalized spacial score (nSPS) is 16.8. The molecule has 1 fully saturated rings. The number of halogens is 3. The zero-order valence-corrected chi connectivity index (χ0v) is 21.7. The topological polar surface area (TPSA) is 71.4 Å². The van der Waals surface area contributed by atoms with Gasteiger partial charge < -0.3 is 24.4 Å². The number of morpholine rings is 1. The van der Waals surface area contributed by atoms with Crippen LogP contribution >= 0.6 is 34.8 Å². The number of ether oxygens (including phenoxy) is 3. The highest BCUT2D eigenvalue weighted by atomic mass is 35.5. The highest BCUT2D eigenvalue weighted by Crippen LogP contribution is 2.40. The van der Waals surface area contributed by atoms with Crippen molar-refractivity contribution in [2.45, 2.75) is 31.5 Å². The Morgan fingerprint density at radius 3 is 2.12 bits per heavy atom. The first-order valence-corrected chi connectivity index (χ1v) is 12.6. The lowest BCUT2D eigenvalue weighted by Gasteiger charge is -2.28. The molecule has 1 saturated heterocycles. The molecule has 2 atom stereocenters. The van der Waals surface area contributed by atoms with Crippen LogP contribution in [0.4, 0.5) is 0 Å². The van der Waals surface area contributed by atoms with Crippen LogP contribution in [0.25, 0.3) is 0 Å². The molecule has 0 saturated carbocycles. The van der Waals surface area contributed by atoms with Crippen molar-refractivity contribution in [1.29, 1.82) is 0 Å². The Bertz CT molecular complexity index is 896. The number of alkyl halides is 1. The number of aliphatic hydroxyl groups excluding tert-OH is 2. The molecule has 0 aliphatic carbocycles. The minimum Gasteiger partial charge on any atom is -0.491 e. The van der Waals surface area contributed by atoms with Crippen molar-refractivity contribution >= 4 is 34.8 Å². The zero-order valence-electron chi connectivity index (χ0n) is 19.5. The molecule has 1 aliphatic rings. The number of hydrogen-bond donors (Lipinski definition) is 2. The van der Waals surface area contributed by atoms with E-state index in [1.165, 1.54) is 0 Å². The van der Waals surface area contributed by atoms with Gasteiger partial charge in [-0.05, 0) is 35.4 Å². The minimum atomic E-state index is -0.800. The van der Waals surface area contributed by atoms with E-state index in [-0.39, 0.29) is 19.1 Å². The molecular weight excluding hydrogens is 501 g/mol. The van der Waals surface area contributed by atoms with Gasteiger partial charge in [0.15, 0.2) is 5.75 Å². The Morgan fingerprint density at radius 2 is 1.53 bits per heavy atom. The van der Waals surface area contributed by atoms with Gasteiger partial charge in [0.2, 0.25) is 0 Å². The van der Waals surface area contributed by atoms with Gasteiger partial charge in [-0.2, -0.15) is 0 Å². The van der Waals surface area contributed by atoms with E-state index in [0.717, 1.165) is 24.2 Å². The lowest BCUT2D eigenvalue weighted by Crippen LogP contribution is -2.42. The first-order chi connectivity index (χ1) is 16.2. The molecule has 2 aromatic carbocycles. The summed E-state index contributed by atoms with van der Waals surface area (Å²) in [4.78, 5) is 2.18. The van der Waals surface area contributed by atoms with Gasteiger partial charge in [-0.25, -0.2) is 0 Å². The van der Waals surface area contributed by atoms with Crippen LogP contribution in [0.2, 0.25) is 10.0 Å². The second-order valence-corrected chi connectivity index (χ2v) is 10.0. The van der Waals surface area contributed by atoms with E-state index in [9.17, 15) is 10.2 Å². The van der Waals surface area contributed by atoms with Crippen molar-refractivity contribution in [3.8, 4) is 11.5 Å². The largest absolute Gasteiger partial charge is 0.491 e. The summed E-state index contributed by atoms with van der Waals surface area (Å²) in [5.74, 6) is 1.08. The van der Waals surface area contributed by atoms with Crippen LogP contribution in [0.1, 0.15) is 25.0 Å². The predicted molar refractivity (Wildman–Crippen MR) is 136 cm³/mol. The molecule has 9 heteroatoms. The van der Waals surface area contributed by atoms with Crippen LogP contribution in [0.3, 0.4) is 0 Å². The van der Waals surface area contributed by atoms with Crippen LogP contribution in [0.5, 0.6) is 11.5 Å². The van der Waals surface area contributed by atoms with Gasteiger partial charge in [0, 0.05) is 25.0 Å². The molecule has 2 aromatic rings. The molecule has 1 aliphatic heterocycles. The molecule has 0 radical (unpaired) electrons. The number of aliphatic hydroxyl groups is 2. The van der Waals surface area contributed by atoms with E-state index >= 15 is 0 Å². The van der Waals surface area contributed by atoms with Crippen molar-refractivity contribution in [2.24, 2.45) is 0 Å². The van der Waals surface area contributed by atoms with Gasteiger partial charge in [-0.3, -0.25) is 4.90 Å². The Morgan fingerprint density at radius 1 is 0.941 bits per heavy atom. The van der Waals surface area contributed by atoms with E-state index in [0.29, 0.717) is 41.3 Å². The molecule has 0 bridgehead atoms. The molecule has 34 heavy (non-hydrogen) atoms. The summed E-state index contributed by atoms with van der Waals surface area (Å²) in [7, 11) is 0. The van der Waals surface area contributed by atoms with Gasteiger partial charge in [0.1, 0.15) is 31.2 Å². The summed E-state index contributed by atoms with van der Waals surface area (Å²) in [5.41, 5.74) is 1.57. The fourth-order valence-electron chi connectivity index (χ4n) is 3.74. The van der Waals surface area contributed by atoms with Gasteiger partial charge in [0.05, 0.1) is 29.1 Å². The SMILES string of the molecule is CC(C)(c1ccc(OCC(O)CN2CCOCC2)cc1)c1cc(Cl)c(OCC(O)CCl)c(Cl)c1. The summed E-state index contributed by atoms with van der Waals surface area (Å²) >= 11 is 18.5. The number of nitrogens with zero attached hydrogens (tertiary/aromatic N) is 1. The average molecular weight is 533 g/mol. The monoisotopic (exact) mass is 531 g/mol. The van der Waals surface area contributed by atoms with Crippen LogP contribution in [0.15, 0.2) is 36.4 Å². The first-order valence-electron chi connectivity index (χ1n) is 11.3. The molecule has 0 aromatic heterocycles. The molecule has 2 N–H and O–H groups in total. The maximum Gasteiger partial charge on any atom is 0.156 e. The van der Waals surface area contributed by atoms with Crippen LogP contribution in [0, 0.1) is 0 Å². The molecule has 2 unspecified atom stereocenters. The summed E-state index contributed by atoms with van der Waals surface area (Å²) < 4.78 is 16.7. The number of benzene rings is 2. The predicted octanol–water partition coefficient (Wildman–Crippen LogP) is 4.37. The molecule has 1 heterocycles. The van der Waals surface area contributed by atoms with E-state index in [4.69, 9.17) is 49.0 Å². The maximum absolute atomic E-state index is 10.3. The smallest absolute Gasteiger partial charge is 0.156 e. The molecule has 188 valence electrons. The third-order valence-corrected chi connectivity index (χ3v) is 6.83. The lowest BCUT2D eigenvalue weighted by atomic mass is 9.78. The molecule has 6 nitrogen and oxygen atoms in total. The highest BCUT2D eigenvalue weighted by Gasteiger charge is 2.26. The van der Waals surface area contributed by atoms with Gasteiger partial charge in [-0.15, -0.1) is 11.6 Å². The molecular formula is C25H32Cl3NO5. The van der Waals surface area contributed by atoms with Gasteiger partial charge in [0.25, 0.3) is 0 Å². The Labute approximate surface area is 216 Å². The summed E-state index contributed by atoms with van der Waals surface area (Å²) in [6.07, 6.45) is -1.36. The third kappa shape index (κ3) is 7.37. The van der Waals surface area contributed by atoms with E-state index in [2.05, 4.69) is 18.7 Å². The Balaban J connectivity index is 1.62. The molecule has 3 rings (SSSR count). The second-order valence-electron chi connectivity index (χ2n) is 8.92. The summed E-state index contributed by atoms with van der Waals surface area (Å²) in [6, 6.07) is 11.4. The number of rotatable bonds is 11. The first kappa shape index (κ1) is 27.3. The van der Waals surface area contributed by atoms with E-state index in [1.54, 1.807) is 0 Å². The fourth-order valence-corrected chi connectivity index (χ4v) is 4.43. The zero-order chi connectivity index (χ0) is 24.7. The van der Waals surface area contributed by atoms with Crippen molar-refractivity contribution < 1.29 is 24.4 Å². The summed E-state index contributed by atoms with van der Waals surface area (Å²) in [6.45, 7) is 8.03.